The zero-order chi connectivity index (χ0) is 53.4. The molecule has 0 aliphatic rings. The number of aryl methyl sites for hydroxylation is 2. The van der Waals surface area contributed by atoms with Gasteiger partial charge in [-0.2, -0.15) is 26.3 Å². The normalized spacial score (nSPS) is 15.4. The zero-order valence-corrected chi connectivity index (χ0v) is 37.1. The quantitative estimate of drug-likeness (QED) is 0.0199. The molecule has 0 fully saturated rings. The van der Waals surface area contributed by atoms with E-state index >= 15 is 0 Å². The van der Waals surface area contributed by atoms with Crippen LogP contribution in [0.25, 0.3) is 22.2 Å². The van der Waals surface area contributed by atoms with Gasteiger partial charge in [0.25, 0.3) is 17.6 Å². The minimum atomic E-state index is -5.19. The summed E-state index contributed by atoms with van der Waals surface area (Å²) in [6.07, 6.45) is -23.0. The van der Waals surface area contributed by atoms with Crippen molar-refractivity contribution in [3.8, 4) is 0 Å². The number of nitrogens with one attached hydrogen (secondary N) is 3. The number of rotatable bonds is 22. The number of carboxylic acids is 2. The number of aromatic amines is 1. The Morgan fingerprint density at radius 2 is 1.33 bits per heavy atom. The number of aliphatic hydroxyl groups excluding tert-OH is 10. The van der Waals surface area contributed by atoms with Crippen LogP contribution < -0.4 is 26.0 Å². The van der Waals surface area contributed by atoms with Crippen LogP contribution in [0.4, 0.5) is 32.2 Å². The van der Waals surface area contributed by atoms with Gasteiger partial charge in [-0.05, 0) is 38.5 Å². The molecule has 4 aromatic rings. The van der Waals surface area contributed by atoms with Gasteiger partial charge in [-0.25, -0.2) is 23.9 Å². The molecule has 1 aromatic carbocycles. The molecule has 3 heterocycles. The number of nitrogens with zero attached hydrogens (tertiary/aromatic N) is 5. The van der Waals surface area contributed by atoms with Gasteiger partial charge in [0.05, 0.1) is 38.5 Å². The summed E-state index contributed by atoms with van der Waals surface area (Å²) in [5.74, 6) is -5.93. The number of imidazole rings is 1. The van der Waals surface area contributed by atoms with Crippen molar-refractivity contribution in [2.75, 3.05) is 45.1 Å². The molecular weight excluding hydrogens is 964 g/mol. The number of anilines is 1. The number of halogens is 6. The van der Waals surface area contributed by atoms with Gasteiger partial charge in [-0.1, -0.05) is 0 Å². The van der Waals surface area contributed by atoms with Crippen LogP contribution in [0.5, 0.6) is 0 Å². The van der Waals surface area contributed by atoms with Gasteiger partial charge in [0, 0.05) is 44.0 Å². The molecule has 31 heteroatoms. The summed E-state index contributed by atoms with van der Waals surface area (Å²) in [5, 5.41) is 121. The van der Waals surface area contributed by atoms with Crippen molar-refractivity contribution in [2.24, 2.45) is 0 Å². The maximum Gasteiger partial charge on any atom is 0.490 e. The molecule has 3 aromatic heterocycles. The van der Waals surface area contributed by atoms with E-state index in [1.165, 1.54) is 4.90 Å². The predicted molar refractivity (Wildman–Crippen MR) is 223 cm³/mol. The molecule has 0 unspecified atom stereocenters. The number of fused-ring (bicyclic) bond motifs is 2. The highest BCUT2D eigenvalue weighted by Crippen LogP contribution is 2.19. The summed E-state index contributed by atoms with van der Waals surface area (Å²) in [4.78, 5) is 56.9. The van der Waals surface area contributed by atoms with E-state index in [0.717, 1.165) is 16.9 Å². The molecule has 8 atom stereocenters. The van der Waals surface area contributed by atoms with Crippen LogP contribution in [0.2, 0.25) is 0 Å². The van der Waals surface area contributed by atoms with Crippen molar-refractivity contribution in [3.05, 3.63) is 47.5 Å². The number of nitrogen functional groups attached to an aromatic ring is 1. The Morgan fingerprint density at radius 1 is 0.814 bits per heavy atom. The van der Waals surface area contributed by atoms with Gasteiger partial charge in [0.1, 0.15) is 54.7 Å². The molecule has 0 saturated carbocycles. The average molecular weight is 1020 g/mol. The first-order chi connectivity index (χ1) is 32.5. The Balaban J connectivity index is 0.00000104. The molecule has 4 rings (SSSR count). The van der Waals surface area contributed by atoms with Crippen LogP contribution in [-0.4, -0.2) is 205 Å². The standard InChI is InChI=1S/C35H53N9O12.2C2HF3O2/c1-3-43-20-7-6-18(12-21(20)44(4-2)26(43)13-39-35(56)27-32(36)41-33-19(40-27)8-10-37-33)34(55)38-9-5-11-42(14-22(47)28(51)30(53)24(49)16-45)15-23(48)29(52)31(54)25(50)17-46;2*3-2(4,5)1(6)7/h6-8,10,12,22-25,28-31,45-54H,3-5,9,11,13-17H2,1-2H3,(H4-,36,37,38,39,40,41,55,56);2*(H,6,7)/t22-,23-,24+,25+,28+,29+,30+,31+;;/m0../s1. The van der Waals surface area contributed by atoms with Crippen LogP contribution in [0, 0.1) is 0 Å². The Bertz CT molecular complexity index is 2280. The number of aliphatic hydroxyl groups is 10. The number of hydrogen-bond acceptors (Lipinski definition) is 19. The number of amides is 2. The largest absolute Gasteiger partial charge is 0.542 e. The number of carbonyl (C=O) groups is 4. The Kier molecular flexibility index (Phi) is 23.2. The fraction of sp³-hybridized carbons (Fsp3) is 0.564. The smallest absolute Gasteiger partial charge is 0.490 e. The van der Waals surface area contributed by atoms with Gasteiger partial charge in [-0.3, -0.25) is 14.5 Å². The van der Waals surface area contributed by atoms with E-state index in [4.69, 9.17) is 35.7 Å². The summed E-state index contributed by atoms with van der Waals surface area (Å²) >= 11 is 0. The monoisotopic (exact) mass is 1020 g/mol. The second-order valence-electron chi connectivity index (χ2n) is 15.0. The van der Waals surface area contributed by atoms with E-state index < -0.39 is 111 Å². The lowest BCUT2D eigenvalue weighted by atomic mass is 10.0. The van der Waals surface area contributed by atoms with Crippen molar-refractivity contribution in [1.29, 1.82) is 0 Å². The van der Waals surface area contributed by atoms with Crippen LogP contribution in [-0.2, 0) is 29.2 Å². The first-order valence-electron chi connectivity index (χ1n) is 20.7. The van der Waals surface area contributed by atoms with E-state index in [1.807, 2.05) is 23.0 Å². The summed E-state index contributed by atoms with van der Waals surface area (Å²) in [7, 11) is 0. The number of carbonyl (C=O) groups excluding carboxylic acids is 3. The number of aliphatic carboxylic acids is 2. The van der Waals surface area contributed by atoms with E-state index in [-0.39, 0.29) is 37.6 Å². The Morgan fingerprint density at radius 3 is 1.79 bits per heavy atom. The molecular formula is C39H55F6N9O16. The van der Waals surface area contributed by atoms with Crippen molar-refractivity contribution in [1.82, 2.24) is 35.1 Å². The Hall–Kier alpha value is -5.87. The molecule has 0 aliphatic heterocycles. The van der Waals surface area contributed by atoms with Gasteiger partial charge >= 0.3 is 18.3 Å². The van der Waals surface area contributed by atoms with Crippen molar-refractivity contribution in [2.45, 2.75) is 101 Å². The summed E-state index contributed by atoms with van der Waals surface area (Å²) in [6.45, 7) is 2.57. The lowest BCUT2D eigenvalue weighted by Gasteiger charge is -2.33. The van der Waals surface area contributed by atoms with Crippen molar-refractivity contribution in [3.63, 3.8) is 0 Å². The molecule has 0 bridgehead atoms. The number of alkyl halides is 6. The number of benzene rings is 1. The van der Waals surface area contributed by atoms with Crippen molar-refractivity contribution < 1.29 is 111 Å². The molecule has 16 N–H and O–H groups in total. The summed E-state index contributed by atoms with van der Waals surface area (Å²) < 4.78 is 67.3. The maximum absolute atomic E-state index is 13.3. The van der Waals surface area contributed by atoms with Crippen LogP contribution in [0.15, 0.2) is 30.5 Å². The first kappa shape index (κ1) is 60.3. The fourth-order valence-corrected chi connectivity index (χ4v) is 6.46. The molecule has 0 aliphatic carbocycles. The van der Waals surface area contributed by atoms with Crippen molar-refractivity contribution >= 4 is 51.8 Å². The second kappa shape index (κ2) is 26.9. The maximum atomic E-state index is 13.3. The van der Waals surface area contributed by atoms with Crippen LogP contribution in [0.1, 0.15) is 46.9 Å². The van der Waals surface area contributed by atoms with Gasteiger partial charge in [0.15, 0.2) is 28.2 Å². The van der Waals surface area contributed by atoms with Gasteiger partial charge in [0.2, 0.25) is 0 Å². The molecule has 70 heavy (non-hydrogen) atoms. The van der Waals surface area contributed by atoms with E-state index in [2.05, 4.69) is 25.6 Å². The summed E-state index contributed by atoms with van der Waals surface area (Å²) in [6, 6.07) is 6.88. The zero-order valence-electron chi connectivity index (χ0n) is 37.1. The van der Waals surface area contributed by atoms with E-state index in [1.54, 1.807) is 30.5 Å². The number of aromatic nitrogens is 5. The average Bonchev–Trinajstić information content (AvgIpc) is 3.90. The summed E-state index contributed by atoms with van der Waals surface area (Å²) in [5.41, 5.74) is 8.88. The molecule has 394 valence electrons. The van der Waals surface area contributed by atoms with Gasteiger partial charge < -0.3 is 87.4 Å². The predicted octanol–water partition coefficient (Wildman–Crippen LogP) is -5.02. The number of hydrogen-bond donors (Lipinski definition) is 15. The minimum absolute atomic E-state index is 0.00250. The third-order valence-corrected chi connectivity index (χ3v) is 10.1. The van der Waals surface area contributed by atoms with E-state index in [9.17, 15) is 76.8 Å². The second-order valence-corrected chi connectivity index (χ2v) is 15.0. The highest BCUT2D eigenvalue weighted by atomic mass is 19.4. The highest BCUT2D eigenvalue weighted by molar-refractivity contribution is 5.98. The SMILES string of the molecule is CCn1c(CNC(=O)c2nc3cc[nH]c3nc2N)[n+](CC)c2ccc(C(=O)NCCCN(C[C@H](O)[C@@H](O)[C@H](O)[C@H](O)CO)C[C@H](O)[C@@H](O)[C@H](O)[C@H](O)CO)cc21.O=C(O)C(F)(F)F.O=C([O-])C(F)(F)F. The third kappa shape index (κ3) is 16.9. The van der Waals surface area contributed by atoms with Crippen LogP contribution in [0.3, 0.4) is 0 Å². The van der Waals surface area contributed by atoms with Crippen LogP contribution >= 0.6 is 0 Å². The highest BCUT2D eigenvalue weighted by Gasteiger charge is 2.38. The third-order valence-electron chi connectivity index (χ3n) is 10.1. The molecule has 2 amide bonds. The minimum Gasteiger partial charge on any atom is -0.542 e. The topological polar surface area (TPSA) is 418 Å². The fourth-order valence-electron chi connectivity index (χ4n) is 6.46. The number of H-pyrrole nitrogens is 1. The Labute approximate surface area is 391 Å². The van der Waals surface area contributed by atoms with E-state index in [0.29, 0.717) is 29.8 Å². The number of carboxylic acid groups (broad SMARTS) is 2. The molecule has 25 nitrogen and oxygen atoms in total. The lowest BCUT2D eigenvalue weighted by Crippen LogP contribution is -2.53. The molecule has 0 spiro atoms. The molecule has 0 radical (unpaired) electrons. The molecule has 0 saturated heterocycles. The number of nitrogens with two attached hydrogens (primary N) is 1. The first-order valence-corrected chi connectivity index (χ1v) is 20.7. The lowest BCUT2D eigenvalue weighted by molar-refractivity contribution is -0.676. The van der Waals surface area contributed by atoms with Gasteiger partial charge in [-0.15, -0.1) is 0 Å².